The van der Waals surface area contributed by atoms with Gasteiger partial charge in [-0.3, -0.25) is 15.1 Å². The fourth-order valence-corrected chi connectivity index (χ4v) is 3.67. The van der Waals surface area contributed by atoms with Crippen LogP contribution in [0.2, 0.25) is 0 Å². The number of hydrogen-bond donors (Lipinski definition) is 1. The van der Waals surface area contributed by atoms with Gasteiger partial charge in [-0.15, -0.1) is 0 Å². The van der Waals surface area contributed by atoms with E-state index in [1.807, 2.05) is 35.7 Å². The van der Waals surface area contributed by atoms with Crippen molar-refractivity contribution in [1.29, 1.82) is 5.41 Å². The molecule has 24 heavy (non-hydrogen) atoms. The van der Waals surface area contributed by atoms with Gasteiger partial charge in [0.05, 0.1) is 11.3 Å². The maximum Gasteiger partial charge on any atom is 0.283 e. The molecule has 0 radical (unpaired) electrons. The molecule has 1 aromatic carbocycles. The fourth-order valence-electron chi connectivity index (χ4n) is 2.46. The van der Waals surface area contributed by atoms with Crippen LogP contribution in [-0.2, 0) is 4.79 Å². The maximum absolute atomic E-state index is 12.3. The number of fused-ring (bicyclic) bond motifs is 1. The van der Waals surface area contributed by atoms with Crippen LogP contribution < -0.4 is 0 Å². The molecule has 3 heterocycles. The number of thioether (sulfide) groups is 1. The Bertz CT molecular complexity index is 944. The summed E-state index contributed by atoms with van der Waals surface area (Å²) in [6.45, 7) is 0. The Labute approximate surface area is 150 Å². The van der Waals surface area contributed by atoms with Crippen LogP contribution in [0.3, 0.4) is 0 Å². The van der Waals surface area contributed by atoms with Crippen molar-refractivity contribution in [3.8, 4) is 0 Å². The average Bonchev–Trinajstić information content (AvgIpc) is 3.18. The van der Waals surface area contributed by atoms with Crippen molar-refractivity contribution in [2.45, 2.75) is 0 Å². The number of halogens is 1. The molecule has 2 aliphatic rings. The molecular formula is C17H10BrN3O2S. The Balaban J connectivity index is 1.75. The van der Waals surface area contributed by atoms with Gasteiger partial charge < -0.3 is 4.42 Å². The lowest BCUT2D eigenvalue weighted by molar-refractivity contribution is -0.114. The topological polar surface area (TPSA) is 69.7 Å². The van der Waals surface area contributed by atoms with Crippen molar-refractivity contribution < 1.29 is 9.21 Å². The van der Waals surface area contributed by atoms with Gasteiger partial charge >= 0.3 is 0 Å². The van der Waals surface area contributed by atoms with Gasteiger partial charge in [-0.25, -0.2) is 0 Å². The number of aliphatic imine (C=N–C) groups is 1. The monoisotopic (exact) mass is 399 g/mol. The summed E-state index contributed by atoms with van der Waals surface area (Å²) >= 11 is 4.57. The van der Waals surface area contributed by atoms with Crippen molar-refractivity contribution in [2.24, 2.45) is 4.99 Å². The molecule has 118 valence electrons. The van der Waals surface area contributed by atoms with E-state index in [0.29, 0.717) is 15.6 Å². The molecule has 0 unspecified atom stereocenters. The number of amides is 1. The molecule has 2 aliphatic heterocycles. The standard InChI is InChI=1S/C17H10BrN3O2S/c18-14-7-6-11(23-14)8-12-15(19)21-13(10-4-2-1-3-5-10)9-24-17(21)20-16(12)22/h1-9,19H/b12-8+,19-15?. The lowest BCUT2D eigenvalue weighted by atomic mass is 10.1. The third-order valence-corrected chi connectivity index (χ3v) is 4.82. The molecule has 1 N–H and O–H groups in total. The first-order chi connectivity index (χ1) is 11.6. The predicted octanol–water partition coefficient (Wildman–Crippen LogP) is 4.35. The number of carbonyl (C=O) groups is 1. The quantitative estimate of drug-likeness (QED) is 0.762. The molecular weight excluding hydrogens is 390 g/mol. The summed E-state index contributed by atoms with van der Waals surface area (Å²) in [4.78, 5) is 18.1. The Morgan fingerprint density at radius 2 is 2.00 bits per heavy atom. The van der Waals surface area contributed by atoms with Gasteiger partial charge in [0.25, 0.3) is 5.91 Å². The Kier molecular flexibility index (Phi) is 3.74. The summed E-state index contributed by atoms with van der Waals surface area (Å²) in [6, 6.07) is 13.2. The van der Waals surface area contributed by atoms with Crippen LogP contribution in [0.5, 0.6) is 0 Å². The highest BCUT2D eigenvalue weighted by molar-refractivity contribution is 9.10. The summed E-state index contributed by atoms with van der Waals surface area (Å²) in [5.41, 5.74) is 2.00. The van der Waals surface area contributed by atoms with Crippen molar-refractivity contribution in [3.05, 3.63) is 69.4 Å². The molecule has 4 rings (SSSR count). The zero-order valence-corrected chi connectivity index (χ0v) is 14.6. The molecule has 0 aliphatic carbocycles. The van der Waals surface area contributed by atoms with Gasteiger partial charge in [0.1, 0.15) is 11.6 Å². The van der Waals surface area contributed by atoms with Crippen LogP contribution in [0.4, 0.5) is 0 Å². The lowest BCUT2D eigenvalue weighted by Gasteiger charge is -2.26. The minimum absolute atomic E-state index is 0.0950. The second-order valence-electron chi connectivity index (χ2n) is 5.07. The van der Waals surface area contributed by atoms with Crippen LogP contribution in [-0.4, -0.2) is 21.8 Å². The first-order valence-corrected chi connectivity index (χ1v) is 8.72. The molecule has 0 saturated heterocycles. The van der Waals surface area contributed by atoms with Gasteiger partial charge in [-0.2, -0.15) is 4.99 Å². The third-order valence-electron chi connectivity index (χ3n) is 3.56. The minimum atomic E-state index is -0.436. The van der Waals surface area contributed by atoms with Crippen LogP contribution in [0.25, 0.3) is 11.8 Å². The zero-order chi connectivity index (χ0) is 16.7. The highest BCUT2D eigenvalue weighted by atomic mass is 79.9. The van der Waals surface area contributed by atoms with Gasteiger partial charge in [-0.05, 0) is 39.7 Å². The summed E-state index contributed by atoms with van der Waals surface area (Å²) in [5.74, 6) is 0.150. The van der Waals surface area contributed by atoms with E-state index in [-0.39, 0.29) is 11.4 Å². The number of carbonyl (C=O) groups excluding carboxylic acids is 1. The number of amidine groups is 2. The van der Waals surface area contributed by atoms with Crippen molar-refractivity contribution in [1.82, 2.24) is 4.90 Å². The summed E-state index contributed by atoms with van der Waals surface area (Å²) in [7, 11) is 0. The lowest BCUT2D eigenvalue weighted by Crippen LogP contribution is -2.37. The fraction of sp³-hybridized carbons (Fsp3) is 0. The van der Waals surface area contributed by atoms with E-state index >= 15 is 0 Å². The van der Waals surface area contributed by atoms with Crippen LogP contribution in [0.1, 0.15) is 11.3 Å². The highest BCUT2D eigenvalue weighted by Gasteiger charge is 2.36. The molecule has 0 fully saturated rings. The normalized spacial score (nSPS) is 18.7. The van der Waals surface area contributed by atoms with E-state index < -0.39 is 5.91 Å². The number of furan rings is 1. The number of rotatable bonds is 2. The van der Waals surface area contributed by atoms with E-state index in [1.54, 1.807) is 23.1 Å². The zero-order valence-electron chi connectivity index (χ0n) is 12.2. The first kappa shape index (κ1) is 15.2. The van der Waals surface area contributed by atoms with Crippen LogP contribution >= 0.6 is 27.7 Å². The number of benzene rings is 1. The summed E-state index contributed by atoms with van der Waals surface area (Å²) < 4.78 is 5.98. The molecule has 7 heteroatoms. The van der Waals surface area contributed by atoms with Crippen molar-refractivity contribution >= 4 is 56.4 Å². The molecule has 0 spiro atoms. The molecule has 5 nitrogen and oxygen atoms in total. The predicted molar refractivity (Wildman–Crippen MR) is 98.4 cm³/mol. The van der Waals surface area contributed by atoms with Gasteiger partial charge in [0.2, 0.25) is 0 Å². The minimum Gasteiger partial charge on any atom is -0.450 e. The maximum atomic E-state index is 12.3. The van der Waals surface area contributed by atoms with Gasteiger partial charge in [-0.1, -0.05) is 42.1 Å². The Morgan fingerprint density at radius 1 is 1.21 bits per heavy atom. The van der Waals surface area contributed by atoms with Crippen molar-refractivity contribution in [3.63, 3.8) is 0 Å². The van der Waals surface area contributed by atoms with Crippen LogP contribution in [0, 0.1) is 5.41 Å². The average molecular weight is 400 g/mol. The summed E-state index contributed by atoms with van der Waals surface area (Å²) in [6.07, 6.45) is 1.54. The molecule has 0 atom stereocenters. The number of nitrogens with zero attached hydrogens (tertiary/aromatic N) is 2. The molecule has 1 amide bonds. The smallest absolute Gasteiger partial charge is 0.283 e. The molecule has 2 aromatic rings. The Hall–Kier alpha value is -2.38. The SMILES string of the molecule is N=C1/C(=C\c2ccc(Br)o2)C(=O)N=C2SC=C(c3ccccc3)N12. The molecule has 0 bridgehead atoms. The number of nitrogens with one attached hydrogen (secondary N) is 1. The van der Waals surface area contributed by atoms with E-state index in [2.05, 4.69) is 20.9 Å². The van der Waals surface area contributed by atoms with Crippen molar-refractivity contribution in [2.75, 3.05) is 0 Å². The second kappa shape index (κ2) is 5.92. The van der Waals surface area contributed by atoms with Crippen LogP contribution in [0.15, 0.2) is 67.5 Å². The molecule has 0 saturated carbocycles. The Morgan fingerprint density at radius 3 is 2.71 bits per heavy atom. The summed E-state index contributed by atoms with van der Waals surface area (Å²) in [5, 5.41) is 10.9. The van der Waals surface area contributed by atoms with E-state index in [4.69, 9.17) is 9.83 Å². The number of hydrogen-bond acceptors (Lipinski definition) is 4. The van der Waals surface area contributed by atoms with E-state index in [9.17, 15) is 4.79 Å². The highest BCUT2D eigenvalue weighted by Crippen LogP contribution is 2.37. The largest absolute Gasteiger partial charge is 0.450 e. The van der Waals surface area contributed by atoms with Gasteiger partial charge in [0.15, 0.2) is 9.84 Å². The third kappa shape index (κ3) is 2.55. The van der Waals surface area contributed by atoms with Gasteiger partial charge in [0, 0.05) is 5.41 Å². The van der Waals surface area contributed by atoms with E-state index in [1.165, 1.54) is 11.8 Å². The second-order valence-corrected chi connectivity index (χ2v) is 6.69. The molecule has 1 aromatic heterocycles. The first-order valence-electron chi connectivity index (χ1n) is 7.05. The van der Waals surface area contributed by atoms with E-state index in [0.717, 1.165) is 11.3 Å².